The maximum absolute atomic E-state index is 13.8. The summed E-state index contributed by atoms with van der Waals surface area (Å²) in [6, 6.07) is 15.7. The van der Waals surface area contributed by atoms with E-state index in [1.807, 2.05) is 55.6 Å². The number of nitrogens with one attached hydrogen (secondary N) is 1. The number of fused-ring (bicyclic) bond motifs is 12. The second-order valence-electron chi connectivity index (χ2n) is 11.3. The summed E-state index contributed by atoms with van der Waals surface area (Å²) in [4.78, 5) is 30.3. The Morgan fingerprint density at radius 3 is 2.26 bits per heavy atom. The molecule has 3 aliphatic rings. The molecule has 0 saturated heterocycles. The first kappa shape index (κ1) is 20.8. The van der Waals surface area contributed by atoms with Crippen molar-refractivity contribution in [1.29, 1.82) is 0 Å². The zero-order valence-electron chi connectivity index (χ0n) is 20.3. The number of hydrogen-bond donors (Lipinski definition) is 1. The third-order valence-electron chi connectivity index (χ3n) is 8.63. The molecule has 1 saturated carbocycles. The maximum Gasteiger partial charge on any atom is 0.258 e. The predicted molar refractivity (Wildman–Crippen MR) is 136 cm³/mol. The molecule has 6 nitrogen and oxygen atoms in total. The predicted octanol–water partition coefficient (Wildman–Crippen LogP) is 4.98. The van der Waals surface area contributed by atoms with Gasteiger partial charge in [0, 0.05) is 35.6 Å². The number of nitrogens with zero attached hydrogens (tertiary/aromatic N) is 1. The number of para-hydroxylation sites is 2. The summed E-state index contributed by atoms with van der Waals surface area (Å²) in [6.45, 7) is 6.34. The Hall–Kier alpha value is -3.54. The van der Waals surface area contributed by atoms with Crippen molar-refractivity contribution in [3.63, 3.8) is 0 Å². The fraction of sp³-hybridized carbons (Fsp3) is 0.379. The third kappa shape index (κ3) is 2.65. The van der Waals surface area contributed by atoms with Gasteiger partial charge in [0.05, 0.1) is 22.2 Å². The van der Waals surface area contributed by atoms with Crippen LogP contribution in [0, 0.1) is 5.92 Å². The van der Waals surface area contributed by atoms with Crippen molar-refractivity contribution in [2.24, 2.45) is 13.0 Å². The van der Waals surface area contributed by atoms with Crippen LogP contribution in [-0.2, 0) is 7.05 Å². The van der Waals surface area contributed by atoms with E-state index < -0.39 is 11.2 Å². The maximum atomic E-state index is 13.8. The van der Waals surface area contributed by atoms with Crippen LogP contribution in [0.2, 0.25) is 0 Å². The summed E-state index contributed by atoms with van der Waals surface area (Å²) in [7, 11) is 1.83. The molecule has 2 aromatic heterocycles. The van der Waals surface area contributed by atoms with Gasteiger partial charge >= 0.3 is 0 Å². The highest BCUT2D eigenvalue weighted by molar-refractivity contribution is 5.88. The Morgan fingerprint density at radius 1 is 0.857 bits per heavy atom. The molecule has 0 spiro atoms. The summed E-state index contributed by atoms with van der Waals surface area (Å²) in [5, 5.41) is 1.87. The molecule has 2 aliphatic heterocycles. The molecule has 2 aromatic carbocycles. The fourth-order valence-corrected chi connectivity index (χ4v) is 7.34. The van der Waals surface area contributed by atoms with Crippen LogP contribution in [-0.4, -0.2) is 20.8 Å². The molecule has 1 fully saturated rings. The molecule has 4 atom stereocenters. The standard InChI is InChI=1S/C29H28N2O4/c1-28(2)23-17(21-24(34-28)15-9-5-7-11-19(15)30-26(21)32)13-29(3)14-18(23)22-25(35-29)16-10-6-8-12-20(16)31(4)27(22)33/h5-12,17-18,23H,13-14H2,1-4H3,(H,30,32)/t17-,18+,23-,29+/m0/s1. The summed E-state index contributed by atoms with van der Waals surface area (Å²) in [5.74, 6) is 1.16. The van der Waals surface area contributed by atoms with Crippen LogP contribution in [0.25, 0.3) is 21.8 Å². The minimum absolute atomic E-state index is 0.0274. The molecular formula is C29H28N2O4. The van der Waals surface area contributed by atoms with Crippen LogP contribution in [0.15, 0.2) is 58.1 Å². The Morgan fingerprint density at radius 2 is 1.49 bits per heavy atom. The third-order valence-corrected chi connectivity index (χ3v) is 8.63. The summed E-state index contributed by atoms with van der Waals surface area (Å²) in [5.41, 5.74) is 1.84. The van der Waals surface area contributed by atoms with E-state index in [1.54, 1.807) is 4.57 Å². The van der Waals surface area contributed by atoms with Gasteiger partial charge in [-0.15, -0.1) is 0 Å². The molecule has 6 heteroatoms. The number of aromatic amines is 1. The first-order valence-electron chi connectivity index (χ1n) is 12.3. The van der Waals surface area contributed by atoms with Crippen molar-refractivity contribution in [3.8, 4) is 11.5 Å². The second kappa shape index (κ2) is 6.56. The highest BCUT2D eigenvalue weighted by Gasteiger charge is 2.59. The van der Waals surface area contributed by atoms with Gasteiger partial charge in [-0.05, 0) is 57.9 Å². The molecule has 0 radical (unpaired) electrons. The van der Waals surface area contributed by atoms with Crippen LogP contribution >= 0.6 is 0 Å². The first-order valence-corrected chi connectivity index (χ1v) is 12.3. The Labute approximate surface area is 202 Å². The van der Waals surface area contributed by atoms with E-state index in [2.05, 4.69) is 25.8 Å². The van der Waals surface area contributed by atoms with E-state index in [4.69, 9.17) is 9.47 Å². The number of aryl methyl sites for hydroxylation is 1. The molecule has 1 N–H and O–H groups in total. The van der Waals surface area contributed by atoms with E-state index in [1.165, 1.54) is 0 Å². The van der Waals surface area contributed by atoms with Crippen molar-refractivity contribution in [1.82, 2.24) is 9.55 Å². The van der Waals surface area contributed by atoms with Gasteiger partial charge < -0.3 is 19.0 Å². The van der Waals surface area contributed by atoms with Gasteiger partial charge in [-0.1, -0.05) is 24.3 Å². The lowest BCUT2D eigenvalue weighted by Crippen LogP contribution is -2.58. The van der Waals surface area contributed by atoms with E-state index in [0.717, 1.165) is 33.8 Å². The van der Waals surface area contributed by atoms with Crippen LogP contribution in [0.5, 0.6) is 11.5 Å². The molecule has 1 aliphatic carbocycles. The lowest BCUT2D eigenvalue weighted by Gasteiger charge is -2.57. The number of H-pyrrole nitrogens is 1. The molecule has 7 rings (SSSR count). The van der Waals surface area contributed by atoms with Gasteiger partial charge in [-0.25, -0.2) is 0 Å². The van der Waals surface area contributed by atoms with Crippen LogP contribution in [0.3, 0.4) is 0 Å². The van der Waals surface area contributed by atoms with Gasteiger partial charge in [0.1, 0.15) is 22.7 Å². The van der Waals surface area contributed by atoms with Gasteiger partial charge in [0.25, 0.3) is 11.1 Å². The Balaban J connectivity index is 1.53. The summed E-state index contributed by atoms with van der Waals surface area (Å²) < 4.78 is 15.2. The van der Waals surface area contributed by atoms with Crippen molar-refractivity contribution in [2.75, 3.05) is 0 Å². The van der Waals surface area contributed by atoms with Crippen LogP contribution in [0.4, 0.5) is 0 Å². The number of pyridine rings is 2. The number of hydrogen-bond acceptors (Lipinski definition) is 4. The molecule has 35 heavy (non-hydrogen) atoms. The molecule has 4 aromatic rings. The van der Waals surface area contributed by atoms with E-state index in [9.17, 15) is 9.59 Å². The smallest absolute Gasteiger partial charge is 0.258 e. The van der Waals surface area contributed by atoms with Gasteiger partial charge in [-0.2, -0.15) is 0 Å². The number of benzene rings is 2. The largest absolute Gasteiger partial charge is 0.486 e. The van der Waals surface area contributed by atoms with E-state index >= 15 is 0 Å². The van der Waals surface area contributed by atoms with Gasteiger partial charge in [-0.3, -0.25) is 9.59 Å². The highest BCUT2D eigenvalue weighted by Crippen LogP contribution is 2.62. The molecule has 2 bridgehead atoms. The van der Waals surface area contributed by atoms with Crippen molar-refractivity contribution in [2.45, 2.75) is 56.7 Å². The average molecular weight is 469 g/mol. The number of aromatic nitrogens is 2. The lowest BCUT2D eigenvalue weighted by molar-refractivity contribution is -0.0797. The Bertz CT molecular complexity index is 1680. The average Bonchev–Trinajstić information content (AvgIpc) is 2.81. The minimum atomic E-state index is -0.578. The van der Waals surface area contributed by atoms with Crippen LogP contribution in [0.1, 0.15) is 56.6 Å². The lowest BCUT2D eigenvalue weighted by atomic mass is 9.56. The SMILES string of the molecule is Cn1c(=O)c2c(c3ccccc31)O[C@@]1(C)C[C@H]2[C@@H]2[C@@H](C1)c1c(c3ccccc3[nH]c1=O)OC2(C)C. The normalized spacial score (nSPS) is 27.9. The van der Waals surface area contributed by atoms with Crippen molar-refractivity contribution in [3.05, 3.63) is 80.4 Å². The number of rotatable bonds is 0. The second-order valence-corrected chi connectivity index (χ2v) is 11.3. The quantitative estimate of drug-likeness (QED) is 0.395. The molecular weight excluding hydrogens is 440 g/mol. The highest BCUT2D eigenvalue weighted by atomic mass is 16.5. The van der Waals surface area contributed by atoms with E-state index in [-0.39, 0.29) is 28.9 Å². The van der Waals surface area contributed by atoms with E-state index in [0.29, 0.717) is 23.5 Å². The van der Waals surface area contributed by atoms with Gasteiger partial charge in [0.2, 0.25) is 0 Å². The fourth-order valence-electron chi connectivity index (χ4n) is 7.34. The summed E-state index contributed by atoms with van der Waals surface area (Å²) in [6.07, 6.45) is 1.42. The Kier molecular flexibility index (Phi) is 3.90. The monoisotopic (exact) mass is 468 g/mol. The molecule has 0 amide bonds. The zero-order valence-corrected chi connectivity index (χ0v) is 20.3. The summed E-state index contributed by atoms with van der Waals surface area (Å²) >= 11 is 0. The van der Waals surface area contributed by atoms with Gasteiger partial charge in [0.15, 0.2) is 0 Å². The van der Waals surface area contributed by atoms with Crippen molar-refractivity contribution < 1.29 is 9.47 Å². The van der Waals surface area contributed by atoms with Crippen molar-refractivity contribution >= 4 is 21.8 Å². The molecule has 0 unspecified atom stereocenters. The minimum Gasteiger partial charge on any atom is -0.486 e. The topological polar surface area (TPSA) is 73.3 Å². The van der Waals surface area contributed by atoms with Crippen LogP contribution < -0.4 is 20.6 Å². The molecule has 4 heterocycles. The number of ether oxygens (including phenoxy) is 2. The zero-order chi connectivity index (χ0) is 24.3. The first-order chi connectivity index (χ1) is 16.7. The molecule has 178 valence electrons.